The molecule has 7 heterocycles. The minimum atomic E-state index is -2.92. The number of aromatic nitrogens is 7. The highest BCUT2D eigenvalue weighted by Crippen LogP contribution is 2.41. The summed E-state index contributed by atoms with van der Waals surface area (Å²) in [6.07, 6.45) is -6.95. The molecule has 0 aliphatic carbocycles. The SMILES string of the molecule is [2H]C([2H])(c1cc(-c2ccccc2-c2cnc(-c3ccccc3)cc2-c2ccc(-c3ccccc3)cc2)cc(C([2H])([2H])C([2H])([2H])c2cnc3c4ccccc4c4c(C)c(C)nn4c3c2)c1)C([2H])([2H])c1cnc2c3ccccc3c3c(C)c(C)nn3c2c1. The van der Waals surface area contributed by atoms with E-state index in [1.165, 1.54) is 18.5 Å². The molecule has 7 nitrogen and oxygen atoms in total. The van der Waals surface area contributed by atoms with Gasteiger partial charge in [-0.1, -0.05) is 176 Å². The Labute approximate surface area is 464 Å². The van der Waals surface area contributed by atoms with E-state index in [1.54, 1.807) is 33.3 Å². The average molecular weight is 1010 g/mol. The molecular weight excluding hydrogens is 951 g/mol. The molecule has 0 unspecified atom stereocenters. The summed E-state index contributed by atoms with van der Waals surface area (Å²) in [7, 11) is 0. The second-order valence-electron chi connectivity index (χ2n) is 20.0. The molecule has 0 N–H and O–H groups in total. The van der Waals surface area contributed by atoms with Gasteiger partial charge in [-0.3, -0.25) is 15.0 Å². The molecule has 7 heteroatoms. The molecular formula is C71H55N7. The molecule has 0 fully saturated rings. The van der Waals surface area contributed by atoms with Crippen molar-refractivity contribution in [2.24, 2.45) is 0 Å². The standard InChI is InChI=1S/C71H55N7/c1-44-46(3)75-77-66-38-50(41-73-68(66)59-23-13-15-25-61(59)70(44)77)29-27-48-35-49(28-30-51-39-67-69(74-42-51)60-24-14-16-26-62(60)71-45(2)47(4)76-78(67)71)37-56(36-48)57-21-11-12-22-58(57)64-43-72-65(55-19-9-6-10-20-55)40-63(64)54-33-31-53(32-34-54)52-17-7-5-8-18-52/h5-26,31-43H,27-30H2,1-4H3/i27D2,28D2,29D2,30D2. The van der Waals surface area contributed by atoms with E-state index in [2.05, 4.69) is 42.5 Å². The van der Waals surface area contributed by atoms with Crippen LogP contribution in [-0.4, -0.2) is 34.2 Å². The Morgan fingerprint density at radius 3 is 1.35 bits per heavy atom. The summed E-state index contributed by atoms with van der Waals surface area (Å²) in [4.78, 5) is 14.7. The first-order chi connectivity index (χ1) is 41.3. The highest BCUT2D eigenvalue weighted by Gasteiger charge is 2.20. The maximum Gasteiger partial charge on any atom is 0.0966 e. The third-order valence-electron chi connectivity index (χ3n) is 15.2. The molecule has 0 bridgehead atoms. The largest absolute Gasteiger partial charge is 0.256 e. The molecule has 374 valence electrons. The molecule has 0 aliphatic rings. The van der Waals surface area contributed by atoms with Crippen LogP contribution in [0, 0.1) is 27.7 Å². The van der Waals surface area contributed by atoms with Crippen molar-refractivity contribution in [1.29, 1.82) is 0 Å². The quantitative estimate of drug-likeness (QED) is 0.121. The highest BCUT2D eigenvalue weighted by atomic mass is 15.2. The van der Waals surface area contributed by atoms with Gasteiger partial charge in [-0.2, -0.15) is 10.2 Å². The van der Waals surface area contributed by atoms with E-state index in [4.69, 9.17) is 25.1 Å². The van der Waals surface area contributed by atoms with Gasteiger partial charge in [0.25, 0.3) is 0 Å². The first kappa shape index (κ1) is 38.9. The van der Waals surface area contributed by atoms with Crippen LogP contribution in [0.3, 0.4) is 0 Å². The Kier molecular flexibility index (Phi) is 9.58. The number of nitrogens with zero attached hydrogens (tertiary/aromatic N) is 7. The fourth-order valence-electron chi connectivity index (χ4n) is 11.1. The molecule has 14 aromatic rings. The summed E-state index contributed by atoms with van der Waals surface area (Å²) in [6.45, 7) is 7.82. The Bertz CT molecular complexity index is 4850. The number of benzene rings is 7. The molecule has 0 radical (unpaired) electrons. The van der Waals surface area contributed by atoms with Crippen LogP contribution in [0.1, 0.15) is 55.7 Å². The smallest absolute Gasteiger partial charge is 0.0966 e. The van der Waals surface area contributed by atoms with Crippen LogP contribution in [0.5, 0.6) is 0 Å². The zero-order chi connectivity index (χ0) is 59.6. The summed E-state index contributed by atoms with van der Waals surface area (Å²) < 4.78 is 83.9. The molecule has 0 saturated carbocycles. The van der Waals surface area contributed by atoms with Crippen LogP contribution < -0.4 is 0 Å². The summed E-state index contributed by atoms with van der Waals surface area (Å²) in [5, 5.41) is 13.3. The monoisotopic (exact) mass is 1010 g/mol. The first-order valence-electron chi connectivity index (χ1n) is 30.1. The first-order valence-corrected chi connectivity index (χ1v) is 26.1. The normalized spacial score (nSPS) is 14.1. The van der Waals surface area contributed by atoms with E-state index in [0.29, 0.717) is 38.8 Å². The molecule has 0 aliphatic heterocycles. The maximum atomic E-state index is 10.1. The third kappa shape index (κ3) is 8.18. The fourth-order valence-corrected chi connectivity index (χ4v) is 11.1. The lowest BCUT2D eigenvalue weighted by atomic mass is 9.87. The van der Waals surface area contributed by atoms with Crippen molar-refractivity contribution < 1.29 is 11.0 Å². The lowest BCUT2D eigenvalue weighted by Gasteiger charge is -2.18. The molecule has 78 heavy (non-hydrogen) atoms. The Balaban J connectivity index is 0.968. The van der Waals surface area contributed by atoms with Gasteiger partial charge in [0.2, 0.25) is 0 Å². The van der Waals surface area contributed by atoms with E-state index in [0.717, 1.165) is 94.2 Å². The Morgan fingerprint density at radius 1 is 0.346 bits per heavy atom. The van der Waals surface area contributed by atoms with Gasteiger partial charge < -0.3 is 0 Å². The number of fused-ring (bicyclic) bond motifs is 12. The van der Waals surface area contributed by atoms with Crippen molar-refractivity contribution in [2.45, 2.75) is 53.2 Å². The topological polar surface area (TPSA) is 73.3 Å². The van der Waals surface area contributed by atoms with Gasteiger partial charge in [0.15, 0.2) is 0 Å². The summed E-state index contributed by atoms with van der Waals surface area (Å²) >= 11 is 0. The van der Waals surface area contributed by atoms with Crippen molar-refractivity contribution in [2.75, 3.05) is 0 Å². The van der Waals surface area contributed by atoms with Gasteiger partial charge in [-0.25, -0.2) is 9.03 Å². The van der Waals surface area contributed by atoms with Crippen LogP contribution in [0.25, 0.3) is 110 Å². The van der Waals surface area contributed by atoms with Gasteiger partial charge in [0, 0.05) is 62.2 Å². The van der Waals surface area contributed by atoms with Crippen LogP contribution in [0.15, 0.2) is 213 Å². The zero-order valence-electron chi connectivity index (χ0n) is 51.3. The van der Waals surface area contributed by atoms with Crippen molar-refractivity contribution in [1.82, 2.24) is 34.2 Å². The second-order valence-corrected chi connectivity index (χ2v) is 20.0. The average Bonchev–Trinajstić information content (AvgIpc) is 1.29. The molecule has 0 atom stereocenters. The molecule has 14 rings (SSSR count). The summed E-state index contributed by atoms with van der Waals surface area (Å²) in [5.41, 5.74) is 14.5. The summed E-state index contributed by atoms with van der Waals surface area (Å²) in [5.74, 6) is 0. The van der Waals surface area contributed by atoms with Crippen molar-refractivity contribution in [3.8, 4) is 55.8 Å². The van der Waals surface area contributed by atoms with Gasteiger partial charge >= 0.3 is 0 Å². The van der Waals surface area contributed by atoms with E-state index in [1.807, 2.05) is 155 Å². The molecule has 0 saturated heterocycles. The number of hydrogen-bond donors (Lipinski definition) is 0. The lowest BCUT2D eigenvalue weighted by Crippen LogP contribution is -2.01. The molecule has 7 aromatic heterocycles. The number of pyridine rings is 5. The Morgan fingerprint density at radius 2 is 0.795 bits per heavy atom. The molecule has 0 amide bonds. The van der Waals surface area contributed by atoms with E-state index in [-0.39, 0.29) is 22.3 Å². The minimum absolute atomic E-state index is 0.0687. The van der Waals surface area contributed by atoms with Crippen LogP contribution in [0.4, 0.5) is 0 Å². The van der Waals surface area contributed by atoms with Crippen molar-refractivity contribution >= 4 is 54.6 Å². The molecule has 7 aromatic carbocycles. The van der Waals surface area contributed by atoms with Gasteiger partial charge in [0.05, 0.1) is 50.2 Å². The fraction of sp³-hybridized carbons (Fsp3) is 0.113. The number of aryl methyl sites for hydroxylation is 8. The Hall–Kier alpha value is -9.59. The molecule has 0 spiro atoms. The third-order valence-corrected chi connectivity index (χ3v) is 15.2. The maximum absolute atomic E-state index is 10.1. The zero-order valence-corrected chi connectivity index (χ0v) is 43.3. The van der Waals surface area contributed by atoms with Crippen LogP contribution >= 0.6 is 0 Å². The van der Waals surface area contributed by atoms with Gasteiger partial charge in [0.1, 0.15) is 0 Å². The predicted molar refractivity (Wildman–Crippen MR) is 321 cm³/mol. The lowest BCUT2D eigenvalue weighted by molar-refractivity contribution is 0.920. The van der Waals surface area contributed by atoms with Gasteiger partial charge in [-0.15, -0.1) is 0 Å². The summed E-state index contributed by atoms with van der Waals surface area (Å²) in [6, 6.07) is 61.3. The number of hydrogen-bond acceptors (Lipinski definition) is 5. The van der Waals surface area contributed by atoms with E-state index >= 15 is 0 Å². The highest BCUT2D eigenvalue weighted by molar-refractivity contribution is 6.12. The van der Waals surface area contributed by atoms with E-state index < -0.39 is 25.5 Å². The second kappa shape index (κ2) is 19.2. The predicted octanol–water partition coefficient (Wildman–Crippen LogP) is 16.9. The van der Waals surface area contributed by atoms with Crippen LogP contribution in [-0.2, 0) is 25.5 Å². The minimum Gasteiger partial charge on any atom is -0.256 e. The van der Waals surface area contributed by atoms with Crippen molar-refractivity contribution in [3.63, 3.8) is 0 Å². The van der Waals surface area contributed by atoms with Crippen LogP contribution in [0.2, 0.25) is 0 Å². The van der Waals surface area contributed by atoms with E-state index in [9.17, 15) is 11.0 Å². The number of rotatable bonds is 11. The van der Waals surface area contributed by atoms with Crippen molar-refractivity contribution in [3.05, 3.63) is 257 Å². The van der Waals surface area contributed by atoms with Gasteiger partial charge in [-0.05, 0) is 144 Å².